The summed E-state index contributed by atoms with van der Waals surface area (Å²) in [4.78, 5) is 12.3. The van der Waals surface area contributed by atoms with E-state index in [0.29, 0.717) is 32.7 Å². The summed E-state index contributed by atoms with van der Waals surface area (Å²) in [6.07, 6.45) is 0.282. The van der Waals surface area contributed by atoms with E-state index < -0.39 is 6.09 Å². The number of hydrogen-bond donors (Lipinski definition) is 3. The van der Waals surface area contributed by atoms with Crippen molar-refractivity contribution in [3.8, 4) is 11.1 Å². The second-order valence-corrected chi connectivity index (χ2v) is 7.65. The molecule has 0 spiro atoms. The molecule has 0 fully saturated rings. The first-order chi connectivity index (χ1) is 15.2. The number of ether oxygens (including phenoxy) is 1. The number of alkyl carbamates (subject to hydrolysis) is 1. The van der Waals surface area contributed by atoms with Gasteiger partial charge in [0.25, 0.3) is 0 Å². The lowest BCUT2D eigenvalue weighted by Crippen LogP contribution is -2.28. The van der Waals surface area contributed by atoms with Crippen molar-refractivity contribution in [3.63, 3.8) is 0 Å². The van der Waals surface area contributed by atoms with Crippen LogP contribution in [-0.2, 0) is 24.2 Å². The van der Waals surface area contributed by atoms with Crippen LogP contribution >= 0.6 is 0 Å². The van der Waals surface area contributed by atoms with Gasteiger partial charge in [0.1, 0.15) is 13.2 Å². The number of rotatable bonds is 8. The topological polar surface area (TPSA) is 102 Å². The highest BCUT2D eigenvalue weighted by atomic mass is 16.5. The van der Waals surface area contributed by atoms with Gasteiger partial charge in [0.2, 0.25) is 0 Å². The molecule has 1 amide bonds. The Morgan fingerprint density at radius 3 is 2.32 bits per heavy atom. The third kappa shape index (κ3) is 4.49. The molecule has 6 heteroatoms. The monoisotopic (exact) mass is 415 g/mol. The second-order valence-electron chi connectivity index (χ2n) is 7.65. The highest BCUT2D eigenvalue weighted by molar-refractivity contribution is 5.79. The smallest absolute Gasteiger partial charge is 0.407 e. The fourth-order valence-electron chi connectivity index (χ4n) is 4.24. The number of hydrogen-bond acceptors (Lipinski definition) is 4. The van der Waals surface area contributed by atoms with Gasteiger partial charge in [-0.2, -0.15) is 5.53 Å². The molecule has 158 valence electrons. The fourth-order valence-corrected chi connectivity index (χ4v) is 4.24. The SMILES string of the molecule is NCc1ccc(CCNC(=O)OCC2c3ccccc3-c3ccccc32)cc1CN=[NH2+]. The van der Waals surface area contributed by atoms with E-state index in [4.69, 9.17) is 16.0 Å². The molecule has 0 heterocycles. The Balaban J connectivity index is 1.32. The van der Waals surface area contributed by atoms with Crippen molar-refractivity contribution in [1.29, 1.82) is 0 Å². The molecule has 0 aliphatic heterocycles. The number of nitrogens with two attached hydrogens (primary N) is 2. The lowest BCUT2D eigenvalue weighted by Gasteiger charge is -2.14. The Morgan fingerprint density at radius 1 is 1.00 bits per heavy atom. The Bertz CT molecular complexity index is 1050. The van der Waals surface area contributed by atoms with Gasteiger partial charge in [0, 0.05) is 19.0 Å². The van der Waals surface area contributed by atoms with Crippen LogP contribution in [0, 0.1) is 0 Å². The minimum absolute atomic E-state index is 0.0597. The number of nitrogens with one attached hydrogen (secondary N) is 1. The molecule has 0 saturated carbocycles. The van der Waals surface area contributed by atoms with Gasteiger partial charge in [0.15, 0.2) is 0 Å². The Labute approximate surface area is 181 Å². The zero-order valence-electron chi connectivity index (χ0n) is 17.4. The van der Waals surface area contributed by atoms with Crippen LogP contribution in [0.2, 0.25) is 0 Å². The number of carbonyl (C=O) groups is 1. The van der Waals surface area contributed by atoms with E-state index >= 15 is 0 Å². The largest absolute Gasteiger partial charge is 0.449 e. The Morgan fingerprint density at radius 2 is 1.68 bits per heavy atom. The minimum atomic E-state index is -0.405. The lowest BCUT2D eigenvalue weighted by molar-refractivity contribution is -0.223. The van der Waals surface area contributed by atoms with E-state index in [-0.39, 0.29) is 5.92 Å². The number of carbonyl (C=O) groups excluding carboxylic acids is 1. The summed E-state index contributed by atoms with van der Waals surface area (Å²) >= 11 is 0. The summed E-state index contributed by atoms with van der Waals surface area (Å²) in [5.74, 6) is 0.0597. The molecule has 0 unspecified atom stereocenters. The molecule has 6 nitrogen and oxygen atoms in total. The first-order valence-corrected chi connectivity index (χ1v) is 10.5. The molecule has 31 heavy (non-hydrogen) atoms. The second kappa shape index (κ2) is 9.53. The number of nitrogens with zero attached hydrogens (tertiary/aromatic N) is 1. The number of fused-ring (bicyclic) bond motifs is 3. The van der Waals surface area contributed by atoms with Crippen molar-refractivity contribution >= 4 is 6.09 Å². The van der Waals surface area contributed by atoms with Gasteiger partial charge in [-0.1, -0.05) is 66.7 Å². The summed E-state index contributed by atoms with van der Waals surface area (Å²) in [6.45, 7) is 1.67. The van der Waals surface area contributed by atoms with Gasteiger partial charge in [-0.15, -0.1) is 0 Å². The molecule has 0 bridgehead atoms. The van der Waals surface area contributed by atoms with Gasteiger partial charge in [-0.25, -0.2) is 4.79 Å². The van der Waals surface area contributed by atoms with E-state index in [9.17, 15) is 4.79 Å². The van der Waals surface area contributed by atoms with Crippen molar-refractivity contribution in [2.24, 2.45) is 10.8 Å². The summed E-state index contributed by atoms with van der Waals surface area (Å²) in [5, 5.41) is 6.56. The van der Waals surface area contributed by atoms with Crippen LogP contribution in [0.4, 0.5) is 4.79 Å². The van der Waals surface area contributed by atoms with Crippen LogP contribution in [0.25, 0.3) is 11.1 Å². The number of amides is 1. The predicted octanol–water partition coefficient (Wildman–Crippen LogP) is 2.94. The first-order valence-electron chi connectivity index (χ1n) is 10.5. The van der Waals surface area contributed by atoms with Gasteiger partial charge < -0.3 is 15.8 Å². The van der Waals surface area contributed by atoms with Gasteiger partial charge >= 0.3 is 6.09 Å². The highest BCUT2D eigenvalue weighted by Crippen LogP contribution is 2.44. The lowest BCUT2D eigenvalue weighted by atomic mass is 9.98. The van der Waals surface area contributed by atoms with E-state index in [1.165, 1.54) is 22.3 Å². The van der Waals surface area contributed by atoms with E-state index in [2.05, 4.69) is 34.7 Å². The fraction of sp³-hybridized carbons (Fsp3) is 0.240. The van der Waals surface area contributed by atoms with E-state index in [1.54, 1.807) is 0 Å². The molecule has 3 aromatic rings. The van der Waals surface area contributed by atoms with Crippen molar-refractivity contribution < 1.29 is 15.1 Å². The number of benzene rings is 3. The van der Waals surface area contributed by atoms with Crippen molar-refractivity contribution in [2.75, 3.05) is 13.2 Å². The molecule has 0 atom stereocenters. The molecular weight excluding hydrogens is 388 g/mol. The van der Waals surface area contributed by atoms with Crippen LogP contribution in [0.15, 0.2) is 71.8 Å². The maximum Gasteiger partial charge on any atom is 0.407 e. The predicted molar refractivity (Wildman–Crippen MR) is 119 cm³/mol. The van der Waals surface area contributed by atoms with Crippen LogP contribution in [0.1, 0.15) is 33.7 Å². The highest BCUT2D eigenvalue weighted by Gasteiger charge is 2.28. The zero-order valence-corrected chi connectivity index (χ0v) is 17.4. The maximum atomic E-state index is 12.3. The summed E-state index contributed by atoms with van der Waals surface area (Å²) in [7, 11) is 0. The van der Waals surface area contributed by atoms with Gasteiger partial charge in [0.05, 0.1) is 0 Å². The van der Waals surface area contributed by atoms with Crippen LogP contribution in [0.5, 0.6) is 0 Å². The van der Waals surface area contributed by atoms with E-state index in [1.807, 2.05) is 42.5 Å². The van der Waals surface area contributed by atoms with E-state index in [0.717, 1.165) is 16.7 Å². The summed E-state index contributed by atoms with van der Waals surface area (Å²) < 4.78 is 5.58. The Hall–Kier alpha value is -3.51. The summed E-state index contributed by atoms with van der Waals surface area (Å²) in [5.41, 5.74) is 19.1. The molecule has 3 aromatic carbocycles. The molecule has 0 saturated heterocycles. The quantitative estimate of drug-likeness (QED) is 0.493. The average Bonchev–Trinajstić information content (AvgIpc) is 3.12. The third-order valence-corrected chi connectivity index (χ3v) is 5.78. The molecular formula is C25H27N4O2+. The molecule has 0 aromatic heterocycles. The van der Waals surface area contributed by atoms with Crippen molar-refractivity contribution in [2.45, 2.75) is 25.4 Å². The standard InChI is InChI=1S/C25H26N4O2/c26-14-18-10-9-17(13-19(18)15-29-27)11-12-28-25(30)31-16-24-22-7-3-1-5-20(22)21-6-2-4-8-23(21)24/h1-10,13,24,27H,11-12,14-16,26H2,(H,28,30)/p+1. The Kier molecular flexibility index (Phi) is 6.38. The van der Waals surface area contributed by atoms with Crippen LogP contribution in [0.3, 0.4) is 0 Å². The zero-order chi connectivity index (χ0) is 21.6. The van der Waals surface area contributed by atoms with Gasteiger partial charge in [-0.05, 0) is 50.5 Å². The van der Waals surface area contributed by atoms with Gasteiger partial charge in [-0.3, -0.25) is 0 Å². The first kappa shape index (κ1) is 20.8. The van der Waals surface area contributed by atoms with Crippen molar-refractivity contribution in [3.05, 3.63) is 94.5 Å². The van der Waals surface area contributed by atoms with Crippen LogP contribution < -0.4 is 16.6 Å². The van der Waals surface area contributed by atoms with Crippen LogP contribution in [-0.4, -0.2) is 19.2 Å². The normalized spacial score (nSPS) is 12.2. The molecule has 0 radical (unpaired) electrons. The molecule has 4 rings (SSSR count). The third-order valence-electron chi connectivity index (χ3n) is 5.78. The average molecular weight is 416 g/mol. The molecule has 1 aliphatic rings. The minimum Gasteiger partial charge on any atom is -0.449 e. The molecule has 5 N–H and O–H groups in total. The van der Waals surface area contributed by atoms with Crippen molar-refractivity contribution in [1.82, 2.24) is 5.32 Å². The molecule has 1 aliphatic carbocycles. The maximum absolute atomic E-state index is 12.3. The summed E-state index contributed by atoms with van der Waals surface area (Å²) in [6, 6.07) is 22.6.